The lowest BCUT2D eigenvalue weighted by atomic mass is 9.74. The summed E-state index contributed by atoms with van der Waals surface area (Å²) in [5.41, 5.74) is 2.58. The Hall–Kier alpha value is -1.05. The van der Waals surface area contributed by atoms with E-state index in [4.69, 9.17) is 9.13 Å². The van der Waals surface area contributed by atoms with Gasteiger partial charge in [-0.25, -0.2) is 4.79 Å². The number of ether oxygens (including phenoxy) is 1. The van der Waals surface area contributed by atoms with Gasteiger partial charge in [-0.05, 0) is 78.5 Å². The van der Waals surface area contributed by atoms with Crippen molar-refractivity contribution >= 4 is 39.1 Å². The number of hydrogen-bond acceptors (Lipinski definition) is 4. The molecule has 1 aliphatic heterocycles. The van der Waals surface area contributed by atoms with E-state index in [1.807, 2.05) is 47.6 Å². The predicted molar refractivity (Wildman–Crippen MR) is 122 cm³/mol. The van der Waals surface area contributed by atoms with Gasteiger partial charge in [0.1, 0.15) is 27.4 Å². The molecule has 160 valence electrons. The Labute approximate surface area is 185 Å². The van der Waals surface area contributed by atoms with Gasteiger partial charge in [0.2, 0.25) is 0 Å². The molecule has 1 saturated heterocycles. The second kappa shape index (κ2) is 7.89. The number of rotatable bonds is 1. The molecule has 2 aliphatic rings. The van der Waals surface area contributed by atoms with Crippen LogP contribution in [-0.4, -0.2) is 44.7 Å². The molecule has 1 aromatic rings. The second-order valence-electron chi connectivity index (χ2n) is 10.0. The molecule has 1 atom stereocenters. The van der Waals surface area contributed by atoms with E-state index in [9.17, 15) is 9.35 Å². The number of hydrogen-bond donors (Lipinski definition) is 0. The van der Waals surface area contributed by atoms with Crippen molar-refractivity contribution in [3.05, 3.63) is 33.8 Å². The fourth-order valence-corrected chi connectivity index (χ4v) is 4.97. The maximum atomic E-state index is 12.9. The maximum Gasteiger partial charge on any atom is 0.410 e. The van der Waals surface area contributed by atoms with Crippen molar-refractivity contribution in [1.82, 2.24) is 4.90 Å². The third-order valence-corrected chi connectivity index (χ3v) is 7.32. The highest BCUT2D eigenvalue weighted by Crippen LogP contribution is 2.46. The summed E-state index contributed by atoms with van der Waals surface area (Å²) >= 11 is 2.23. The summed E-state index contributed by atoms with van der Waals surface area (Å²) in [7, 11) is 0. The zero-order valence-electron chi connectivity index (χ0n) is 18.2. The first kappa shape index (κ1) is 22.6. The van der Waals surface area contributed by atoms with E-state index < -0.39 is 21.7 Å². The molecule has 29 heavy (non-hydrogen) atoms. The molecule has 1 amide bonds. The number of likely N-dealkylation sites (tertiary alicyclic amines) is 1. The van der Waals surface area contributed by atoms with Gasteiger partial charge in [-0.3, -0.25) is 0 Å². The van der Waals surface area contributed by atoms with Gasteiger partial charge < -0.3 is 14.2 Å². The highest BCUT2D eigenvalue weighted by molar-refractivity contribution is 9.10. The topological polar surface area (TPSA) is 65.0 Å². The Morgan fingerprint density at radius 2 is 1.83 bits per heavy atom. The molecular formula is C22H31BrN2O3S. The summed E-state index contributed by atoms with van der Waals surface area (Å²) in [5, 5.41) is 0. The van der Waals surface area contributed by atoms with Crippen LogP contribution < -0.4 is 0 Å². The average Bonchev–Trinajstić information content (AvgIpc) is 2.86. The van der Waals surface area contributed by atoms with Gasteiger partial charge in [0.05, 0.1) is 0 Å². The van der Waals surface area contributed by atoms with Crippen LogP contribution in [0.4, 0.5) is 4.79 Å². The van der Waals surface area contributed by atoms with E-state index in [0.29, 0.717) is 13.1 Å². The number of carbonyl (C=O) groups is 1. The Balaban J connectivity index is 1.88. The van der Waals surface area contributed by atoms with Gasteiger partial charge >= 0.3 is 6.09 Å². The van der Waals surface area contributed by atoms with Gasteiger partial charge in [-0.2, -0.15) is 0 Å². The fraction of sp³-hybridized carbons (Fsp3) is 0.636. The van der Waals surface area contributed by atoms with Crippen LogP contribution in [0.5, 0.6) is 0 Å². The lowest BCUT2D eigenvalue weighted by Gasteiger charge is -2.39. The third-order valence-electron chi connectivity index (χ3n) is 5.43. The number of fused-ring (bicyclic) bond motifs is 1. The molecule has 0 saturated carbocycles. The first-order chi connectivity index (χ1) is 13.3. The highest BCUT2D eigenvalue weighted by atomic mass is 79.9. The van der Waals surface area contributed by atoms with E-state index in [1.54, 1.807) is 4.90 Å². The summed E-state index contributed by atoms with van der Waals surface area (Å²) in [4.78, 5) is 14.3. The summed E-state index contributed by atoms with van der Waals surface area (Å²) in [5.74, 6) is 0. The number of amides is 1. The molecule has 3 rings (SSSR count). The van der Waals surface area contributed by atoms with E-state index in [1.165, 1.54) is 5.56 Å². The Kier molecular flexibility index (Phi) is 6.16. The summed E-state index contributed by atoms with van der Waals surface area (Å²) in [6, 6.07) is 6.26. The normalized spacial score (nSPS) is 21.4. The van der Waals surface area contributed by atoms with E-state index in [0.717, 1.165) is 35.0 Å². The molecule has 1 spiro atoms. The quantitative estimate of drug-likeness (QED) is 0.511. The minimum absolute atomic E-state index is 0.178. The molecule has 0 bridgehead atoms. The van der Waals surface area contributed by atoms with Crippen molar-refractivity contribution in [2.24, 2.45) is 9.81 Å². The van der Waals surface area contributed by atoms with Gasteiger partial charge in [-0.15, -0.1) is 0 Å². The molecule has 0 aromatic heterocycles. The summed E-state index contributed by atoms with van der Waals surface area (Å²) in [6.45, 7) is 12.7. The van der Waals surface area contributed by atoms with Gasteiger partial charge in [-0.1, -0.05) is 26.4 Å². The van der Waals surface area contributed by atoms with Crippen molar-refractivity contribution in [3.8, 4) is 0 Å². The minimum Gasteiger partial charge on any atom is -0.591 e. The van der Waals surface area contributed by atoms with Gasteiger partial charge in [0.15, 0.2) is 0 Å². The largest absolute Gasteiger partial charge is 0.591 e. The minimum atomic E-state index is -1.33. The standard InChI is InChI=1S/C22H31BrN2O3S/c1-20(2,3)28-19(26)25-11-9-22(10-12-25)14-15-7-8-16(23)13-17(15)18(22)24-29(27)21(4,5)6/h7-8,13H,9-12,14H2,1-6H3. The van der Waals surface area contributed by atoms with Crippen LogP contribution >= 0.6 is 15.9 Å². The van der Waals surface area contributed by atoms with Crippen molar-refractivity contribution in [2.75, 3.05) is 13.1 Å². The predicted octanol–water partition coefficient (Wildman–Crippen LogP) is 5.27. The molecule has 7 heteroatoms. The maximum absolute atomic E-state index is 12.9. The van der Waals surface area contributed by atoms with Gasteiger partial charge in [0, 0.05) is 28.5 Å². The molecule has 1 aliphatic carbocycles. The van der Waals surface area contributed by atoms with E-state index in [2.05, 4.69) is 28.1 Å². The van der Waals surface area contributed by atoms with Crippen LogP contribution in [0.25, 0.3) is 0 Å². The molecule has 1 aromatic carbocycles. The van der Waals surface area contributed by atoms with Crippen molar-refractivity contribution in [2.45, 2.75) is 71.2 Å². The van der Waals surface area contributed by atoms with Gasteiger partial charge in [0.25, 0.3) is 0 Å². The average molecular weight is 483 g/mol. The van der Waals surface area contributed by atoms with Crippen LogP contribution in [0, 0.1) is 5.41 Å². The van der Waals surface area contributed by atoms with Crippen molar-refractivity contribution in [1.29, 1.82) is 0 Å². The highest BCUT2D eigenvalue weighted by Gasteiger charge is 2.48. The number of carbonyl (C=O) groups excluding carboxylic acids is 1. The summed E-state index contributed by atoms with van der Waals surface area (Å²) < 4.78 is 23.8. The lowest BCUT2D eigenvalue weighted by Crippen LogP contribution is -2.47. The third kappa shape index (κ3) is 5.00. The molecule has 1 unspecified atom stereocenters. The first-order valence-corrected chi connectivity index (χ1v) is 12.0. The fourth-order valence-electron chi connectivity index (χ4n) is 3.88. The Morgan fingerprint density at radius 3 is 2.38 bits per heavy atom. The van der Waals surface area contributed by atoms with E-state index in [-0.39, 0.29) is 11.5 Å². The number of nitrogens with zero attached hydrogens (tertiary/aromatic N) is 2. The Bertz CT molecular complexity index is 818. The van der Waals surface area contributed by atoms with Crippen LogP contribution in [0.2, 0.25) is 0 Å². The summed E-state index contributed by atoms with van der Waals surface area (Å²) in [6.07, 6.45) is 2.19. The van der Waals surface area contributed by atoms with Crippen LogP contribution in [0.3, 0.4) is 0 Å². The molecule has 1 heterocycles. The molecule has 1 fully saturated rings. The van der Waals surface area contributed by atoms with Crippen molar-refractivity contribution in [3.63, 3.8) is 0 Å². The monoisotopic (exact) mass is 482 g/mol. The molecule has 5 nitrogen and oxygen atoms in total. The second-order valence-corrected chi connectivity index (χ2v) is 12.8. The SMILES string of the molecule is CC(C)(C)OC(=O)N1CCC2(CC1)Cc1ccc(Br)cc1C2=N[S+]([O-])C(C)(C)C. The zero-order chi connectivity index (χ0) is 21.6. The van der Waals surface area contributed by atoms with Crippen LogP contribution in [-0.2, 0) is 22.5 Å². The molecular weight excluding hydrogens is 452 g/mol. The Morgan fingerprint density at radius 1 is 1.21 bits per heavy atom. The number of benzene rings is 1. The first-order valence-electron chi connectivity index (χ1n) is 10.1. The van der Waals surface area contributed by atoms with Crippen LogP contribution in [0.1, 0.15) is 65.5 Å². The number of halogens is 1. The van der Waals surface area contributed by atoms with Crippen molar-refractivity contribution < 1.29 is 14.1 Å². The smallest absolute Gasteiger partial charge is 0.410 e. The molecule has 0 radical (unpaired) electrons. The van der Waals surface area contributed by atoms with Crippen LogP contribution in [0.15, 0.2) is 27.1 Å². The van der Waals surface area contributed by atoms with E-state index >= 15 is 0 Å². The number of piperidine rings is 1. The zero-order valence-corrected chi connectivity index (χ0v) is 20.6. The lowest BCUT2D eigenvalue weighted by molar-refractivity contribution is 0.0159. The molecule has 0 N–H and O–H groups in total.